The van der Waals surface area contributed by atoms with Crippen molar-refractivity contribution in [2.45, 2.75) is 77.6 Å². The molecule has 0 fully saturated rings. The van der Waals surface area contributed by atoms with E-state index in [0.717, 1.165) is 32.5 Å². The second-order valence-corrected chi connectivity index (χ2v) is 4.75. The molecule has 100 valence electrons. The van der Waals surface area contributed by atoms with E-state index in [0.29, 0.717) is 0 Å². The summed E-state index contributed by atoms with van der Waals surface area (Å²) >= 11 is 0. The molecule has 0 N–H and O–H groups in total. The van der Waals surface area contributed by atoms with Crippen molar-refractivity contribution in [1.82, 2.24) is 0 Å². The molecule has 0 heterocycles. The van der Waals surface area contributed by atoms with Crippen molar-refractivity contribution in [3.63, 3.8) is 0 Å². The Morgan fingerprint density at radius 1 is 0.765 bits per heavy atom. The SMILES string of the molecule is C#CCCCCOCCCCCCCCCC. The second kappa shape index (κ2) is 15.5. The van der Waals surface area contributed by atoms with E-state index >= 15 is 0 Å². The van der Waals surface area contributed by atoms with Gasteiger partial charge in [0.1, 0.15) is 0 Å². The van der Waals surface area contributed by atoms with Crippen LogP contribution in [0.5, 0.6) is 0 Å². The zero-order valence-corrected chi connectivity index (χ0v) is 11.7. The fourth-order valence-corrected chi connectivity index (χ4v) is 1.87. The highest BCUT2D eigenvalue weighted by Crippen LogP contribution is 2.08. The Balaban J connectivity index is 2.87. The van der Waals surface area contributed by atoms with Crippen LogP contribution in [0.2, 0.25) is 0 Å². The molecule has 0 spiro atoms. The van der Waals surface area contributed by atoms with Gasteiger partial charge in [0.25, 0.3) is 0 Å². The summed E-state index contributed by atoms with van der Waals surface area (Å²) in [7, 11) is 0. The first-order chi connectivity index (χ1) is 8.41. The third-order valence-corrected chi connectivity index (χ3v) is 3.00. The van der Waals surface area contributed by atoms with Gasteiger partial charge in [0.15, 0.2) is 0 Å². The third-order valence-electron chi connectivity index (χ3n) is 3.00. The maximum absolute atomic E-state index is 5.56. The van der Waals surface area contributed by atoms with Gasteiger partial charge in [0.05, 0.1) is 0 Å². The van der Waals surface area contributed by atoms with Gasteiger partial charge in [-0.15, -0.1) is 12.3 Å². The van der Waals surface area contributed by atoms with E-state index in [4.69, 9.17) is 11.2 Å². The van der Waals surface area contributed by atoms with Crippen molar-refractivity contribution >= 4 is 0 Å². The lowest BCUT2D eigenvalue weighted by Crippen LogP contribution is -1.97. The summed E-state index contributed by atoms with van der Waals surface area (Å²) < 4.78 is 5.56. The van der Waals surface area contributed by atoms with Crippen LogP contribution in [0.1, 0.15) is 77.6 Å². The number of terminal acetylenes is 1. The van der Waals surface area contributed by atoms with Crippen molar-refractivity contribution in [3.05, 3.63) is 0 Å². The highest BCUT2D eigenvalue weighted by Gasteiger charge is 1.92. The lowest BCUT2D eigenvalue weighted by Gasteiger charge is -2.03. The lowest BCUT2D eigenvalue weighted by atomic mass is 10.1. The summed E-state index contributed by atoms with van der Waals surface area (Å²) in [6.07, 6.45) is 19.2. The Kier molecular flexibility index (Phi) is 15.1. The fourth-order valence-electron chi connectivity index (χ4n) is 1.87. The summed E-state index contributed by atoms with van der Waals surface area (Å²) in [5.41, 5.74) is 0. The highest BCUT2D eigenvalue weighted by atomic mass is 16.5. The van der Waals surface area contributed by atoms with Gasteiger partial charge < -0.3 is 4.74 Å². The van der Waals surface area contributed by atoms with Crippen LogP contribution in [0.15, 0.2) is 0 Å². The quantitative estimate of drug-likeness (QED) is 0.326. The molecule has 0 atom stereocenters. The van der Waals surface area contributed by atoms with E-state index in [1.165, 1.54) is 51.4 Å². The first-order valence-corrected chi connectivity index (χ1v) is 7.43. The molecule has 0 aliphatic carbocycles. The summed E-state index contributed by atoms with van der Waals surface area (Å²) in [6, 6.07) is 0. The van der Waals surface area contributed by atoms with E-state index in [9.17, 15) is 0 Å². The molecule has 0 bridgehead atoms. The monoisotopic (exact) mass is 238 g/mol. The number of rotatable bonds is 13. The molecule has 0 aromatic rings. The van der Waals surface area contributed by atoms with Gasteiger partial charge in [-0.05, 0) is 19.3 Å². The first-order valence-electron chi connectivity index (χ1n) is 7.43. The molecule has 0 amide bonds. The topological polar surface area (TPSA) is 9.23 Å². The molecule has 1 nitrogen and oxygen atoms in total. The Bertz CT molecular complexity index is 169. The van der Waals surface area contributed by atoms with Gasteiger partial charge in [-0.1, -0.05) is 51.9 Å². The van der Waals surface area contributed by atoms with Gasteiger partial charge >= 0.3 is 0 Å². The summed E-state index contributed by atoms with van der Waals surface area (Å²) in [5, 5.41) is 0. The van der Waals surface area contributed by atoms with E-state index in [2.05, 4.69) is 12.8 Å². The Morgan fingerprint density at radius 3 is 1.88 bits per heavy atom. The number of unbranched alkanes of at least 4 members (excludes halogenated alkanes) is 9. The average Bonchev–Trinajstić information content (AvgIpc) is 2.35. The molecule has 17 heavy (non-hydrogen) atoms. The first kappa shape index (κ1) is 16.5. The molecule has 0 aliphatic heterocycles. The minimum Gasteiger partial charge on any atom is -0.381 e. The normalized spacial score (nSPS) is 10.4. The molecule has 0 unspecified atom stereocenters. The van der Waals surface area contributed by atoms with Gasteiger partial charge in [-0.2, -0.15) is 0 Å². The minimum absolute atomic E-state index is 0.887. The zero-order valence-electron chi connectivity index (χ0n) is 11.7. The Morgan fingerprint density at radius 2 is 1.29 bits per heavy atom. The van der Waals surface area contributed by atoms with Crippen molar-refractivity contribution in [1.29, 1.82) is 0 Å². The molecule has 0 radical (unpaired) electrons. The maximum Gasteiger partial charge on any atom is 0.0466 e. The van der Waals surface area contributed by atoms with Crippen LogP contribution in [-0.2, 0) is 4.74 Å². The largest absolute Gasteiger partial charge is 0.381 e. The maximum atomic E-state index is 5.56. The average molecular weight is 238 g/mol. The molecule has 0 aromatic carbocycles. The lowest BCUT2D eigenvalue weighted by molar-refractivity contribution is 0.126. The van der Waals surface area contributed by atoms with Crippen molar-refractivity contribution in [2.75, 3.05) is 13.2 Å². The predicted molar refractivity (Wildman–Crippen MR) is 76.1 cm³/mol. The van der Waals surface area contributed by atoms with E-state index in [1.54, 1.807) is 0 Å². The molecule has 0 saturated heterocycles. The molecule has 0 aliphatic rings. The molecule has 1 heteroatoms. The van der Waals surface area contributed by atoms with Gasteiger partial charge in [-0.25, -0.2) is 0 Å². The molecule has 0 rings (SSSR count). The number of hydrogen-bond acceptors (Lipinski definition) is 1. The minimum atomic E-state index is 0.887. The van der Waals surface area contributed by atoms with E-state index in [1.807, 2.05) is 0 Å². The van der Waals surface area contributed by atoms with Gasteiger partial charge in [0.2, 0.25) is 0 Å². The van der Waals surface area contributed by atoms with Crippen LogP contribution in [0.4, 0.5) is 0 Å². The molecule has 0 saturated carbocycles. The number of ether oxygens (including phenoxy) is 1. The van der Waals surface area contributed by atoms with Crippen molar-refractivity contribution in [3.8, 4) is 12.3 Å². The smallest absolute Gasteiger partial charge is 0.0466 e. The fraction of sp³-hybridized carbons (Fsp3) is 0.875. The summed E-state index contributed by atoms with van der Waals surface area (Å²) in [6.45, 7) is 4.09. The third kappa shape index (κ3) is 15.5. The van der Waals surface area contributed by atoms with Gasteiger partial charge in [0, 0.05) is 19.6 Å². The van der Waals surface area contributed by atoms with Crippen molar-refractivity contribution in [2.24, 2.45) is 0 Å². The second-order valence-electron chi connectivity index (χ2n) is 4.75. The molecular formula is C16H30O. The van der Waals surface area contributed by atoms with Crippen LogP contribution in [0.25, 0.3) is 0 Å². The summed E-state index contributed by atoms with van der Waals surface area (Å²) in [5.74, 6) is 2.65. The van der Waals surface area contributed by atoms with Crippen molar-refractivity contribution < 1.29 is 4.74 Å². The standard InChI is InChI=1S/C16H30O/c1-3-5-7-9-10-11-12-14-16-17-15-13-8-6-4-2/h2H,3,5-16H2,1H3. The number of hydrogen-bond donors (Lipinski definition) is 0. The van der Waals surface area contributed by atoms with Crippen LogP contribution in [0, 0.1) is 12.3 Å². The van der Waals surface area contributed by atoms with Crippen LogP contribution < -0.4 is 0 Å². The van der Waals surface area contributed by atoms with E-state index < -0.39 is 0 Å². The summed E-state index contributed by atoms with van der Waals surface area (Å²) in [4.78, 5) is 0. The van der Waals surface area contributed by atoms with Gasteiger partial charge in [-0.3, -0.25) is 0 Å². The Labute approximate surface area is 108 Å². The predicted octanol–water partition coefficient (Wildman–Crippen LogP) is 4.95. The highest BCUT2D eigenvalue weighted by molar-refractivity contribution is 4.82. The van der Waals surface area contributed by atoms with Crippen LogP contribution in [-0.4, -0.2) is 13.2 Å². The van der Waals surface area contributed by atoms with Crippen LogP contribution in [0.3, 0.4) is 0 Å². The van der Waals surface area contributed by atoms with Crippen LogP contribution >= 0.6 is 0 Å². The zero-order chi connectivity index (χ0) is 12.6. The Hall–Kier alpha value is -0.480. The molecular weight excluding hydrogens is 208 g/mol. The molecule has 0 aromatic heterocycles. The van der Waals surface area contributed by atoms with E-state index in [-0.39, 0.29) is 0 Å².